The predicted octanol–water partition coefficient (Wildman–Crippen LogP) is 3.64. The van der Waals surface area contributed by atoms with E-state index in [1.807, 2.05) is 11.8 Å². The van der Waals surface area contributed by atoms with Crippen LogP contribution >= 0.6 is 15.9 Å². The van der Waals surface area contributed by atoms with E-state index in [4.69, 9.17) is 0 Å². The minimum Gasteiger partial charge on any atom is -0.342 e. The van der Waals surface area contributed by atoms with Gasteiger partial charge in [-0.05, 0) is 70.3 Å². The van der Waals surface area contributed by atoms with E-state index in [2.05, 4.69) is 26.1 Å². The molecule has 148 valence electrons. The van der Waals surface area contributed by atoms with E-state index in [1.54, 1.807) is 12.1 Å². The van der Waals surface area contributed by atoms with Crippen LogP contribution in [0, 0.1) is 11.7 Å². The van der Waals surface area contributed by atoms with Crippen LogP contribution in [-0.4, -0.2) is 53.8 Å². The maximum absolute atomic E-state index is 13.9. The number of rotatable bonds is 4. The van der Waals surface area contributed by atoms with Gasteiger partial charge in [-0.1, -0.05) is 15.9 Å². The summed E-state index contributed by atoms with van der Waals surface area (Å²) in [7, 11) is 0. The van der Waals surface area contributed by atoms with Gasteiger partial charge in [0.25, 0.3) is 0 Å². The van der Waals surface area contributed by atoms with Crippen molar-refractivity contribution in [2.75, 3.05) is 31.5 Å². The molecule has 1 unspecified atom stereocenters. The molecule has 0 radical (unpaired) electrons. The maximum atomic E-state index is 13.9. The number of amides is 2. The van der Waals surface area contributed by atoms with Gasteiger partial charge in [-0.25, -0.2) is 4.39 Å². The van der Waals surface area contributed by atoms with E-state index in [0.717, 1.165) is 38.8 Å². The van der Waals surface area contributed by atoms with Crippen LogP contribution in [0.3, 0.4) is 0 Å². The molecule has 1 N–H and O–H groups in total. The van der Waals surface area contributed by atoms with E-state index >= 15 is 0 Å². The first-order valence-electron chi connectivity index (χ1n) is 9.74. The van der Waals surface area contributed by atoms with Gasteiger partial charge in [-0.15, -0.1) is 0 Å². The third-order valence-electron chi connectivity index (χ3n) is 5.66. The third-order valence-corrected chi connectivity index (χ3v) is 6.16. The number of nitrogens with one attached hydrogen (secondary N) is 1. The molecule has 1 aromatic rings. The van der Waals surface area contributed by atoms with Crippen LogP contribution in [0.1, 0.15) is 39.0 Å². The van der Waals surface area contributed by atoms with Crippen LogP contribution in [0.15, 0.2) is 22.7 Å². The fourth-order valence-electron chi connectivity index (χ4n) is 3.90. The van der Waals surface area contributed by atoms with Crippen LogP contribution in [0.5, 0.6) is 0 Å². The number of piperidine rings is 2. The number of nitrogens with zero attached hydrogens (tertiary/aromatic N) is 2. The van der Waals surface area contributed by atoms with Crippen LogP contribution in [0.2, 0.25) is 0 Å². The SMILES string of the molecule is CC(C(=O)Nc1ccc(Br)cc1F)N1CCC(C(=O)N2CCCCC2)CC1. The normalized spacial score (nSPS) is 20.3. The summed E-state index contributed by atoms with van der Waals surface area (Å²) in [5.41, 5.74) is 0.185. The van der Waals surface area contributed by atoms with Crippen LogP contribution in [0.25, 0.3) is 0 Å². The lowest BCUT2D eigenvalue weighted by Crippen LogP contribution is -2.49. The molecule has 1 aromatic carbocycles. The molecule has 0 aromatic heterocycles. The maximum Gasteiger partial charge on any atom is 0.241 e. The van der Waals surface area contributed by atoms with Crippen LogP contribution in [0.4, 0.5) is 10.1 Å². The van der Waals surface area contributed by atoms with Gasteiger partial charge in [0.05, 0.1) is 11.7 Å². The van der Waals surface area contributed by atoms with Crippen LogP contribution < -0.4 is 5.32 Å². The van der Waals surface area contributed by atoms with Gasteiger partial charge >= 0.3 is 0 Å². The smallest absolute Gasteiger partial charge is 0.241 e. The van der Waals surface area contributed by atoms with Crippen molar-refractivity contribution in [1.82, 2.24) is 9.80 Å². The zero-order valence-corrected chi connectivity index (χ0v) is 17.3. The van der Waals surface area contributed by atoms with Crippen molar-refractivity contribution in [3.8, 4) is 0 Å². The van der Waals surface area contributed by atoms with Gasteiger partial charge in [-0.2, -0.15) is 0 Å². The number of carbonyl (C=O) groups excluding carboxylic acids is 2. The van der Waals surface area contributed by atoms with Crippen molar-refractivity contribution in [3.63, 3.8) is 0 Å². The molecule has 0 aliphatic carbocycles. The van der Waals surface area contributed by atoms with Gasteiger partial charge in [0.1, 0.15) is 5.82 Å². The van der Waals surface area contributed by atoms with Crippen molar-refractivity contribution in [1.29, 1.82) is 0 Å². The average molecular weight is 440 g/mol. The lowest BCUT2D eigenvalue weighted by Gasteiger charge is -2.37. The molecule has 0 saturated carbocycles. The Bertz CT molecular complexity index is 686. The molecule has 1 atom stereocenters. The van der Waals surface area contributed by atoms with Crippen molar-refractivity contribution < 1.29 is 14.0 Å². The molecule has 2 amide bonds. The van der Waals surface area contributed by atoms with Gasteiger partial charge in [-0.3, -0.25) is 14.5 Å². The lowest BCUT2D eigenvalue weighted by molar-refractivity contribution is -0.138. The Morgan fingerprint density at radius 1 is 1.15 bits per heavy atom. The summed E-state index contributed by atoms with van der Waals surface area (Å²) < 4.78 is 14.6. The minimum absolute atomic E-state index is 0.0681. The Labute approximate surface area is 168 Å². The Balaban J connectivity index is 1.50. The highest BCUT2D eigenvalue weighted by atomic mass is 79.9. The quantitative estimate of drug-likeness (QED) is 0.778. The summed E-state index contributed by atoms with van der Waals surface area (Å²) in [5.74, 6) is -0.338. The average Bonchev–Trinajstić information content (AvgIpc) is 2.69. The van der Waals surface area contributed by atoms with Crippen LogP contribution in [-0.2, 0) is 9.59 Å². The van der Waals surface area contributed by atoms with Crippen molar-refractivity contribution in [3.05, 3.63) is 28.5 Å². The number of benzene rings is 1. The van der Waals surface area contributed by atoms with Gasteiger partial charge in [0, 0.05) is 23.5 Å². The number of likely N-dealkylation sites (tertiary alicyclic amines) is 2. The molecule has 2 fully saturated rings. The summed E-state index contributed by atoms with van der Waals surface area (Å²) in [6.45, 7) is 5.02. The summed E-state index contributed by atoms with van der Waals surface area (Å²) in [6, 6.07) is 4.21. The molecule has 7 heteroatoms. The largest absolute Gasteiger partial charge is 0.342 e. The molecule has 2 heterocycles. The van der Waals surface area contributed by atoms with E-state index in [9.17, 15) is 14.0 Å². The fraction of sp³-hybridized carbons (Fsp3) is 0.600. The van der Waals surface area contributed by atoms with E-state index in [-0.39, 0.29) is 29.5 Å². The fourth-order valence-corrected chi connectivity index (χ4v) is 4.23. The zero-order chi connectivity index (χ0) is 19.4. The van der Waals surface area contributed by atoms with Crippen molar-refractivity contribution in [2.24, 2.45) is 5.92 Å². The highest BCUT2D eigenvalue weighted by Gasteiger charge is 2.32. The zero-order valence-electron chi connectivity index (χ0n) is 15.7. The van der Waals surface area contributed by atoms with Gasteiger partial charge < -0.3 is 10.2 Å². The third kappa shape index (κ3) is 5.08. The molecule has 2 saturated heterocycles. The monoisotopic (exact) mass is 439 g/mol. The van der Waals surface area contributed by atoms with E-state index < -0.39 is 5.82 Å². The highest BCUT2D eigenvalue weighted by molar-refractivity contribution is 9.10. The molecule has 5 nitrogen and oxygen atoms in total. The second kappa shape index (κ2) is 9.15. The molecule has 2 aliphatic rings. The summed E-state index contributed by atoms with van der Waals surface area (Å²) in [5, 5.41) is 2.67. The Hall–Kier alpha value is -1.47. The topological polar surface area (TPSA) is 52.7 Å². The Kier molecular flexibility index (Phi) is 6.87. The molecular formula is C20H27BrFN3O2. The number of hydrogen-bond donors (Lipinski definition) is 1. The van der Waals surface area contributed by atoms with Gasteiger partial charge in [0.15, 0.2) is 0 Å². The highest BCUT2D eigenvalue weighted by Crippen LogP contribution is 2.24. The second-order valence-corrected chi connectivity index (χ2v) is 8.40. The first-order chi connectivity index (χ1) is 13.0. The molecule has 27 heavy (non-hydrogen) atoms. The minimum atomic E-state index is -0.462. The Morgan fingerprint density at radius 2 is 1.81 bits per heavy atom. The first kappa shape index (κ1) is 20.3. The number of carbonyl (C=O) groups is 2. The number of anilines is 1. The van der Waals surface area contributed by atoms with E-state index in [1.165, 1.54) is 12.5 Å². The van der Waals surface area contributed by atoms with Gasteiger partial charge in [0.2, 0.25) is 11.8 Å². The van der Waals surface area contributed by atoms with Crippen molar-refractivity contribution >= 4 is 33.4 Å². The lowest BCUT2D eigenvalue weighted by atomic mass is 9.93. The molecule has 0 spiro atoms. The molecule has 3 rings (SSSR count). The second-order valence-electron chi connectivity index (χ2n) is 7.49. The summed E-state index contributed by atoms with van der Waals surface area (Å²) in [6.07, 6.45) is 4.98. The first-order valence-corrected chi connectivity index (χ1v) is 10.5. The molecule has 2 aliphatic heterocycles. The summed E-state index contributed by atoms with van der Waals surface area (Å²) >= 11 is 3.21. The predicted molar refractivity (Wildman–Crippen MR) is 107 cm³/mol. The molecule has 0 bridgehead atoms. The standard InChI is InChI=1S/C20H27BrFN3O2/c1-14(19(26)23-18-6-5-16(21)13-17(18)22)24-11-7-15(8-12-24)20(27)25-9-3-2-4-10-25/h5-6,13-15H,2-4,7-12H2,1H3,(H,23,26). The summed E-state index contributed by atoms with van der Waals surface area (Å²) in [4.78, 5) is 29.2. The number of halogens is 2. The van der Waals surface area contributed by atoms with E-state index in [0.29, 0.717) is 17.6 Å². The molecular weight excluding hydrogens is 413 g/mol. The Morgan fingerprint density at radius 3 is 2.44 bits per heavy atom. The van der Waals surface area contributed by atoms with Crippen molar-refractivity contribution in [2.45, 2.75) is 45.1 Å². The number of hydrogen-bond acceptors (Lipinski definition) is 3.